The van der Waals surface area contributed by atoms with Crippen LogP contribution < -0.4 is 15.0 Å². The lowest BCUT2D eigenvalue weighted by Gasteiger charge is -2.36. The minimum absolute atomic E-state index is 0.0179. The van der Waals surface area contributed by atoms with E-state index in [1.54, 1.807) is 22.4 Å². The van der Waals surface area contributed by atoms with Gasteiger partial charge in [-0.15, -0.1) is 11.3 Å². The summed E-state index contributed by atoms with van der Waals surface area (Å²) in [7, 11) is 0. The normalized spacial score (nSPS) is 15.1. The van der Waals surface area contributed by atoms with Crippen molar-refractivity contribution in [1.29, 1.82) is 0 Å². The first-order chi connectivity index (χ1) is 19.0. The smallest absolute Gasteiger partial charge is 0.254 e. The third kappa shape index (κ3) is 6.75. The van der Waals surface area contributed by atoms with Gasteiger partial charge < -0.3 is 24.8 Å². The summed E-state index contributed by atoms with van der Waals surface area (Å²) in [5, 5.41) is 5.04. The topological polar surface area (TPSA) is 95.1 Å². The number of piperazine rings is 1. The minimum atomic E-state index is -0.290. The van der Waals surface area contributed by atoms with E-state index in [2.05, 4.69) is 21.3 Å². The van der Waals surface area contributed by atoms with Crippen molar-refractivity contribution in [2.24, 2.45) is 0 Å². The molecule has 0 spiro atoms. The van der Waals surface area contributed by atoms with Crippen molar-refractivity contribution in [1.82, 2.24) is 14.8 Å². The molecule has 2 aromatic carbocycles. The minimum Gasteiger partial charge on any atom is -0.492 e. The molecule has 0 unspecified atom stereocenters. The number of para-hydroxylation sites is 2. The fourth-order valence-electron chi connectivity index (χ4n) is 4.72. The third-order valence-corrected chi connectivity index (χ3v) is 7.66. The molecule has 3 aromatic rings. The summed E-state index contributed by atoms with van der Waals surface area (Å²) < 4.78 is 5.76. The molecule has 2 heterocycles. The number of thiazole rings is 1. The second-order valence-electron chi connectivity index (χ2n) is 9.67. The van der Waals surface area contributed by atoms with E-state index in [0.717, 1.165) is 37.4 Å². The lowest BCUT2D eigenvalue weighted by Crippen LogP contribution is -2.49. The second-order valence-corrected chi connectivity index (χ2v) is 10.5. The van der Waals surface area contributed by atoms with Gasteiger partial charge in [0.05, 0.1) is 24.4 Å². The molecular formula is C29H33N5O4S. The van der Waals surface area contributed by atoms with E-state index in [4.69, 9.17) is 4.74 Å². The Balaban J connectivity index is 1.11. The number of benzene rings is 2. The number of anilines is 2. The molecule has 5 rings (SSSR count). The Kier molecular flexibility index (Phi) is 8.41. The van der Waals surface area contributed by atoms with Crippen LogP contribution in [0.25, 0.3) is 0 Å². The van der Waals surface area contributed by atoms with Crippen molar-refractivity contribution in [2.45, 2.75) is 32.2 Å². The monoisotopic (exact) mass is 547 g/mol. The number of nitrogens with zero attached hydrogens (tertiary/aromatic N) is 4. The Labute approximate surface area is 232 Å². The summed E-state index contributed by atoms with van der Waals surface area (Å²) in [6.07, 6.45) is 1.99. The van der Waals surface area contributed by atoms with Crippen molar-refractivity contribution in [3.8, 4) is 5.75 Å². The van der Waals surface area contributed by atoms with E-state index in [1.807, 2.05) is 48.2 Å². The first kappa shape index (κ1) is 26.7. The van der Waals surface area contributed by atoms with E-state index < -0.39 is 0 Å². The quantitative estimate of drug-likeness (QED) is 0.416. The molecule has 1 saturated carbocycles. The molecule has 204 valence electrons. The van der Waals surface area contributed by atoms with Gasteiger partial charge in [0.2, 0.25) is 11.8 Å². The number of rotatable bonds is 10. The van der Waals surface area contributed by atoms with Crippen LogP contribution in [0, 0.1) is 0 Å². The predicted molar refractivity (Wildman–Crippen MR) is 151 cm³/mol. The molecule has 1 N–H and O–H groups in total. The Morgan fingerprint density at radius 1 is 1.03 bits per heavy atom. The van der Waals surface area contributed by atoms with Crippen molar-refractivity contribution in [2.75, 3.05) is 49.5 Å². The van der Waals surface area contributed by atoms with Crippen LogP contribution in [0.5, 0.6) is 5.75 Å². The Bertz CT molecular complexity index is 1300. The zero-order valence-electron chi connectivity index (χ0n) is 22.0. The molecule has 9 nitrogen and oxygen atoms in total. The SMILES string of the molecule is CCOc1ccccc1N1CCN(C(=O)Cc2csc(NC(=O)CN(C(=O)c3ccccc3)C3CC3)n2)CC1. The summed E-state index contributed by atoms with van der Waals surface area (Å²) in [6.45, 7) is 5.26. The highest BCUT2D eigenvalue weighted by Crippen LogP contribution is 2.30. The van der Waals surface area contributed by atoms with Crippen LogP contribution >= 0.6 is 11.3 Å². The van der Waals surface area contributed by atoms with Crippen LogP contribution in [-0.2, 0) is 16.0 Å². The maximum atomic E-state index is 13.0. The summed E-state index contributed by atoms with van der Waals surface area (Å²) >= 11 is 1.29. The highest BCUT2D eigenvalue weighted by molar-refractivity contribution is 7.13. The summed E-state index contributed by atoms with van der Waals surface area (Å²) in [4.78, 5) is 48.8. The number of carbonyl (C=O) groups excluding carboxylic acids is 3. The molecule has 3 amide bonds. The Morgan fingerprint density at radius 3 is 2.46 bits per heavy atom. The average Bonchev–Trinajstić information content (AvgIpc) is 3.72. The van der Waals surface area contributed by atoms with Gasteiger partial charge >= 0.3 is 0 Å². The molecule has 1 saturated heterocycles. The van der Waals surface area contributed by atoms with Gasteiger partial charge in [-0.05, 0) is 44.0 Å². The standard InChI is InChI=1S/C29H33N5O4S/c1-2-38-25-11-7-6-10-24(25)32-14-16-33(17-15-32)27(36)18-22-20-39-29(30-22)31-26(35)19-34(23-12-13-23)28(37)21-8-4-3-5-9-21/h3-11,20,23H,2,12-19H2,1H3,(H,30,31,35). The van der Waals surface area contributed by atoms with Crippen molar-refractivity contribution in [3.63, 3.8) is 0 Å². The zero-order valence-corrected chi connectivity index (χ0v) is 22.9. The molecular weight excluding hydrogens is 514 g/mol. The van der Waals surface area contributed by atoms with Crippen LogP contribution in [0.2, 0.25) is 0 Å². The third-order valence-electron chi connectivity index (χ3n) is 6.85. The van der Waals surface area contributed by atoms with Crippen LogP contribution in [0.1, 0.15) is 35.8 Å². The van der Waals surface area contributed by atoms with E-state index in [0.29, 0.717) is 36.1 Å². The van der Waals surface area contributed by atoms with E-state index >= 15 is 0 Å². The van der Waals surface area contributed by atoms with Crippen LogP contribution in [0.3, 0.4) is 0 Å². The van der Waals surface area contributed by atoms with Crippen molar-refractivity contribution in [3.05, 3.63) is 71.2 Å². The van der Waals surface area contributed by atoms with Gasteiger partial charge in [-0.25, -0.2) is 4.98 Å². The molecule has 0 atom stereocenters. The highest BCUT2D eigenvalue weighted by atomic mass is 32.1. The molecule has 1 aliphatic carbocycles. The molecule has 10 heteroatoms. The number of amides is 3. The van der Waals surface area contributed by atoms with E-state index in [1.165, 1.54) is 11.3 Å². The van der Waals surface area contributed by atoms with Crippen LogP contribution in [0.4, 0.5) is 10.8 Å². The number of hydrogen-bond acceptors (Lipinski definition) is 7. The van der Waals surface area contributed by atoms with Crippen LogP contribution in [0.15, 0.2) is 60.0 Å². The van der Waals surface area contributed by atoms with Gasteiger partial charge in [-0.2, -0.15) is 0 Å². The highest BCUT2D eigenvalue weighted by Gasteiger charge is 2.34. The molecule has 1 aromatic heterocycles. The predicted octanol–water partition coefficient (Wildman–Crippen LogP) is 3.68. The molecule has 1 aliphatic heterocycles. The number of hydrogen-bond donors (Lipinski definition) is 1. The lowest BCUT2D eigenvalue weighted by molar-refractivity contribution is -0.130. The van der Waals surface area contributed by atoms with Gasteiger partial charge in [0.15, 0.2) is 5.13 Å². The molecule has 0 radical (unpaired) electrons. The molecule has 39 heavy (non-hydrogen) atoms. The van der Waals surface area contributed by atoms with Gasteiger partial charge in [0.1, 0.15) is 12.3 Å². The largest absolute Gasteiger partial charge is 0.492 e. The van der Waals surface area contributed by atoms with E-state index in [9.17, 15) is 14.4 Å². The fraction of sp³-hybridized carbons (Fsp3) is 0.379. The molecule has 0 bridgehead atoms. The zero-order chi connectivity index (χ0) is 27.2. The Hall–Kier alpha value is -3.92. The maximum absolute atomic E-state index is 13.0. The van der Waals surface area contributed by atoms with Gasteiger partial charge in [0.25, 0.3) is 5.91 Å². The summed E-state index contributed by atoms with van der Waals surface area (Å²) in [5.74, 6) is 0.452. The van der Waals surface area contributed by atoms with Crippen LogP contribution in [-0.4, -0.2) is 77.9 Å². The second kappa shape index (κ2) is 12.3. The van der Waals surface area contributed by atoms with Gasteiger partial charge in [0, 0.05) is 43.2 Å². The van der Waals surface area contributed by atoms with E-state index in [-0.39, 0.29) is 36.7 Å². The first-order valence-electron chi connectivity index (χ1n) is 13.4. The van der Waals surface area contributed by atoms with Crippen molar-refractivity contribution >= 4 is 39.9 Å². The lowest BCUT2D eigenvalue weighted by atomic mass is 10.2. The van der Waals surface area contributed by atoms with Gasteiger partial charge in [-0.3, -0.25) is 14.4 Å². The maximum Gasteiger partial charge on any atom is 0.254 e. The number of aromatic nitrogens is 1. The Morgan fingerprint density at radius 2 is 1.74 bits per heavy atom. The van der Waals surface area contributed by atoms with Crippen molar-refractivity contribution < 1.29 is 19.1 Å². The molecule has 2 fully saturated rings. The first-order valence-corrected chi connectivity index (χ1v) is 14.2. The summed E-state index contributed by atoms with van der Waals surface area (Å²) in [5.41, 5.74) is 2.26. The average molecular weight is 548 g/mol. The molecule has 2 aliphatic rings. The van der Waals surface area contributed by atoms with Gasteiger partial charge in [-0.1, -0.05) is 30.3 Å². The number of nitrogens with one attached hydrogen (secondary N) is 1. The fourth-order valence-corrected chi connectivity index (χ4v) is 5.44. The number of ether oxygens (including phenoxy) is 1. The summed E-state index contributed by atoms with van der Waals surface area (Å²) in [6, 6.07) is 17.1. The number of carbonyl (C=O) groups is 3.